The number of anilines is 1. The fraction of sp³-hybridized carbons (Fsp3) is 0.500. The third kappa shape index (κ3) is 3.52. The van der Waals surface area contributed by atoms with Gasteiger partial charge in [0, 0.05) is 30.2 Å². The van der Waals surface area contributed by atoms with Crippen molar-refractivity contribution in [3.8, 4) is 0 Å². The van der Waals surface area contributed by atoms with Gasteiger partial charge in [0.2, 0.25) is 0 Å². The molecular weight excluding hydrogens is 389 g/mol. The van der Waals surface area contributed by atoms with Gasteiger partial charge in [-0.15, -0.1) is 0 Å². The van der Waals surface area contributed by atoms with Gasteiger partial charge in [0.05, 0.1) is 17.4 Å². The first-order chi connectivity index (χ1) is 12.6. The van der Waals surface area contributed by atoms with Crippen molar-refractivity contribution in [1.82, 2.24) is 15.0 Å². The molecule has 1 saturated carbocycles. The van der Waals surface area contributed by atoms with Crippen molar-refractivity contribution < 1.29 is 0 Å². The van der Waals surface area contributed by atoms with Crippen LogP contribution in [0, 0.1) is 5.41 Å². The van der Waals surface area contributed by atoms with Gasteiger partial charge >= 0.3 is 0 Å². The summed E-state index contributed by atoms with van der Waals surface area (Å²) in [5, 5.41) is 1.53. The van der Waals surface area contributed by atoms with E-state index < -0.39 is 0 Å². The molecule has 0 unspecified atom stereocenters. The lowest BCUT2D eigenvalue weighted by Gasteiger charge is -2.42. The maximum atomic E-state index is 6.37. The number of nitrogens with zero attached hydrogens (tertiary/aromatic N) is 4. The predicted molar refractivity (Wildman–Crippen MR) is 106 cm³/mol. The van der Waals surface area contributed by atoms with E-state index in [1.807, 2.05) is 12.3 Å². The van der Waals surface area contributed by atoms with Crippen LogP contribution in [0.25, 0.3) is 0 Å². The number of pyridine rings is 1. The van der Waals surface area contributed by atoms with Crippen LogP contribution in [-0.4, -0.2) is 34.1 Å². The third-order valence-corrected chi connectivity index (χ3v) is 7.56. The van der Waals surface area contributed by atoms with Crippen LogP contribution in [-0.2, 0) is 0 Å². The minimum Gasteiger partial charge on any atom is -0.355 e. The molecule has 138 valence electrons. The van der Waals surface area contributed by atoms with Crippen LogP contribution in [0.5, 0.6) is 0 Å². The van der Waals surface area contributed by atoms with Gasteiger partial charge in [-0.1, -0.05) is 41.4 Å². The summed E-state index contributed by atoms with van der Waals surface area (Å²) in [4.78, 5) is 16.2. The molecule has 2 fully saturated rings. The number of hydrogen-bond donors (Lipinski definition) is 1. The standard InChI is InChI=1S/C18H21Cl2N5S/c19-16-12(3-7-22-17(16)20)26-15-11-23-14(10-24-15)25-8-5-18(6-9-25)4-1-2-13(18)21/h3,7,10-11,13H,1-2,4-6,8-9,21H2/t13-/m1/s1. The molecular formula is C18H21Cl2N5S. The number of halogens is 2. The molecule has 2 aromatic rings. The Morgan fingerprint density at radius 3 is 2.58 bits per heavy atom. The Morgan fingerprint density at radius 2 is 1.92 bits per heavy atom. The van der Waals surface area contributed by atoms with Gasteiger partial charge in [0.15, 0.2) is 0 Å². The molecule has 2 aliphatic rings. The van der Waals surface area contributed by atoms with E-state index in [4.69, 9.17) is 28.9 Å². The molecule has 3 heterocycles. The van der Waals surface area contributed by atoms with E-state index >= 15 is 0 Å². The molecule has 0 amide bonds. The summed E-state index contributed by atoms with van der Waals surface area (Å²) in [6.45, 7) is 2.00. The van der Waals surface area contributed by atoms with Crippen LogP contribution in [0.15, 0.2) is 34.6 Å². The van der Waals surface area contributed by atoms with E-state index in [1.165, 1.54) is 31.0 Å². The van der Waals surface area contributed by atoms with E-state index in [0.29, 0.717) is 21.6 Å². The number of hydrogen-bond acceptors (Lipinski definition) is 6. The second kappa shape index (κ2) is 7.50. The SMILES string of the molecule is N[C@@H]1CCCC12CCN(c1cnc(Sc3ccnc(Cl)c3Cl)cn1)CC2. The highest BCUT2D eigenvalue weighted by atomic mass is 35.5. The normalized spacial score (nSPS) is 22.1. The van der Waals surface area contributed by atoms with Crippen LogP contribution in [0.2, 0.25) is 10.2 Å². The average Bonchev–Trinajstić information content (AvgIpc) is 3.00. The van der Waals surface area contributed by atoms with Gasteiger partial charge in [-0.25, -0.2) is 15.0 Å². The minimum atomic E-state index is 0.300. The van der Waals surface area contributed by atoms with Crippen molar-refractivity contribution in [3.63, 3.8) is 0 Å². The van der Waals surface area contributed by atoms with E-state index in [-0.39, 0.29) is 0 Å². The van der Waals surface area contributed by atoms with Crippen LogP contribution in [0.1, 0.15) is 32.1 Å². The van der Waals surface area contributed by atoms with Gasteiger partial charge in [-0.3, -0.25) is 0 Å². The van der Waals surface area contributed by atoms with Gasteiger partial charge in [-0.2, -0.15) is 0 Å². The number of aromatic nitrogens is 3. The van der Waals surface area contributed by atoms with Gasteiger partial charge < -0.3 is 10.6 Å². The zero-order valence-corrected chi connectivity index (χ0v) is 16.7. The molecule has 0 radical (unpaired) electrons. The lowest BCUT2D eigenvalue weighted by Crippen LogP contribution is -2.47. The van der Waals surface area contributed by atoms with E-state index in [1.54, 1.807) is 12.4 Å². The zero-order chi connectivity index (χ0) is 18.1. The van der Waals surface area contributed by atoms with E-state index in [0.717, 1.165) is 41.7 Å². The van der Waals surface area contributed by atoms with Crippen molar-refractivity contribution in [1.29, 1.82) is 0 Å². The fourth-order valence-electron chi connectivity index (χ4n) is 4.09. The van der Waals surface area contributed by atoms with Crippen LogP contribution >= 0.6 is 35.0 Å². The highest BCUT2D eigenvalue weighted by Gasteiger charge is 2.42. The molecule has 0 bridgehead atoms. The van der Waals surface area contributed by atoms with Crippen LogP contribution in [0.4, 0.5) is 5.82 Å². The van der Waals surface area contributed by atoms with Crippen molar-refractivity contribution in [2.24, 2.45) is 11.1 Å². The Bertz CT molecular complexity index is 778. The Balaban J connectivity index is 1.41. The second-order valence-corrected chi connectivity index (χ2v) is 8.88. The topological polar surface area (TPSA) is 67.9 Å². The first-order valence-electron chi connectivity index (χ1n) is 8.88. The summed E-state index contributed by atoms with van der Waals surface area (Å²) >= 11 is 13.6. The quantitative estimate of drug-likeness (QED) is 0.756. The number of nitrogens with two attached hydrogens (primary N) is 1. The highest BCUT2D eigenvalue weighted by Crippen LogP contribution is 2.45. The highest BCUT2D eigenvalue weighted by molar-refractivity contribution is 7.99. The Morgan fingerprint density at radius 1 is 1.12 bits per heavy atom. The fourth-order valence-corrected chi connectivity index (χ4v) is 5.28. The summed E-state index contributed by atoms with van der Waals surface area (Å²) < 4.78 is 0. The first kappa shape index (κ1) is 18.3. The van der Waals surface area contributed by atoms with Gasteiger partial charge in [-0.05, 0) is 37.2 Å². The number of rotatable bonds is 3. The maximum absolute atomic E-state index is 6.37. The Hall–Kier alpha value is -1.08. The van der Waals surface area contributed by atoms with Crippen molar-refractivity contribution in [2.45, 2.75) is 48.1 Å². The molecule has 1 atom stereocenters. The van der Waals surface area contributed by atoms with Crippen molar-refractivity contribution >= 4 is 40.8 Å². The average molecular weight is 410 g/mol. The predicted octanol–water partition coefficient (Wildman–Crippen LogP) is 4.43. The smallest absolute Gasteiger partial charge is 0.148 e. The monoisotopic (exact) mass is 409 g/mol. The second-order valence-electron chi connectivity index (χ2n) is 7.08. The van der Waals surface area contributed by atoms with Crippen molar-refractivity contribution in [2.75, 3.05) is 18.0 Å². The molecule has 1 aliphatic carbocycles. The molecule has 2 N–H and O–H groups in total. The summed E-state index contributed by atoms with van der Waals surface area (Å²) in [5.41, 5.74) is 6.73. The summed E-state index contributed by atoms with van der Waals surface area (Å²) in [5.74, 6) is 0.926. The Labute approximate surface area is 167 Å². The molecule has 5 nitrogen and oxygen atoms in total. The molecule has 4 rings (SSSR count). The van der Waals surface area contributed by atoms with Crippen LogP contribution < -0.4 is 10.6 Å². The maximum Gasteiger partial charge on any atom is 0.148 e. The Kier molecular flexibility index (Phi) is 5.28. The summed E-state index contributed by atoms with van der Waals surface area (Å²) in [6, 6.07) is 2.19. The summed E-state index contributed by atoms with van der Waals surface area (Å²) in [7, 11) is 0. The number of piperidine rings is 1. The lowest BCUT2D eigenvalue weighted by molar-refractivity contribution is 0.197. The summed E-state index contributed by atoms with van der Waals surface area (Å²) in [6.07, 6.45) is 11.3. The van der Waals surface area contributed by atoms with E-state index in [2.05, 4.69) is 19.9 Å². The van der Waals surface area contributed by atoms with Crippen LogP contribution in [0.3, 0.4) is 0 Å². The molecule has 1 saturated heterocycles. The van der Waals surface area contributed by atoms with Crippen molar-refractivity contribution in [3.05, 3.63) is 34.8 Å². The van der Waals surface area contributed by atoms with Gasteiger partial charge in [0.25, 0.3) is 0 Å². The largest absolute Gasteiger partial charge is 0.355 e. The third-order valence-electron chi connectivity index (χ3n) is 5.70. The first-order valence-corrected chi connectivity index (χ1v) is 10.5. The van der Waals surface area contributed by atoms with E-state index in [9.17, 15) is 0 Å². The molecule has 8 heteroatoms. The zero-order valence-electron chi connectivity index (χ0n) is 14.4. The molecule has 26 heavy (non-hydrogen) atoms. The lowest BCUT2D eigenvalue weighted by atomic mass is 9.74. The minimum absolute atomic E-state index is 0.300. The molecule has 1 aliphatic heterocycles. The molecule has 0 aromatic carbocycles. The van der Waals surface area contributed by atoms with Gasteiger partial charge in [0.1, 0.15) is 16.0 Å². The molecule has 2 aromatic heterocycles. The molecule has 1 spiro atoms.